The van der Waals surface area contributed by atoms with Crippen LogP contribution in [-0.2, 0) is 0 Å². The van der Waals surface area contributed by atoms with E-state index in [0.717, 1.165) is 24.4 Å². The molecule has 84 valence electrons. The molecule has 4 nitrogen and oxygen atoms in total. The molecule has 1 rings (SSSR count). The first-order valence-corrected chi connectivity index (χ1v) is 5.07. The van der Waals surface area contributed by atoms with Crippen molar-refractivity contribution < 1.29 is 0 Å². The molecule has 1 aliphatic rings. The van der Waals surface area contributed by atoms with Gasteiger partial charge in [-0.2, -0.15) is 0 Å². The summed E-state index contributed by atoms with van der Waals surface area (Å²) in [5.41, 5.74) is 7.22. The van der Waals surface area contributed by atoms with Gasteiger partial charge < -0.3 is 16.4 Å². The Morgan fingerprint density at radius 3 is 3.38 bits per heavy atom. The lowest BCUT2D eigenvalue weighted by molar-refractivity contribution is 0.817. The van der Waals surface area contributed by atoms with Crippen molar-refractivity contribution in [2.24, 2.45) is 10.7 Å². The largest absolute Gasteiger partial charge is 0.315 e. The first-order valence-electron chi connectivity index (χ1n) is 5.07. The number of terminal acetylenes is 1. The third kappa shape index (κ3) is 4.13. The topological polar surface area (TPSA) is 62.4 Å². The summed E-state index contributed by atoms with van der Waals surface area (Å²) in [6, 6.07) is 2.41. The Labute approximate surface area is 96.0 Å². The zero-order valence-corrected chi connectivity index (χ0v) is 9.11. The Morgan fingerprint density at radius 1 is 1.75 bits per heavy atom. The number of allylic oxidation sites excluding steroid dienone is 3. The van der Waals surface area contributed by atoms with E-state index < -0.39 is 0 Å². The summed E-state index contributed by atoms with van der Waals surface area (Å²) in [7, 11) is 0. The maximum absolute atomic E-state index is 5.27. The molecule has 0 aliphatic carbocycles. The van der Waals surface area contributed by atoms with Crippen LogP contribution in [0.1, 0.15) is 0 Å². The monoisotopic (exact) mass is 216 g/mol. The van der Waals surface area contributed by atoms with Crippen LogP contribution in [0.4, 0.5) is 0 Å². The van der Waals surface area contributed by atoms with Gasteiger partial charge in [0.15, 0.2) is 0 Å². The molecular weight excluding hydrogens is 200 g/mol. The lowest BCUT2D eigenvalue weighted by Gasteiger charge is -2.09. The highest BCUT2D eigenvalue weighted by atomic mass is 14.9. The molecule has 4 N–H and O–H groups in total. The molecular formula is C12H16N4. The van der Waals surface area contributed by atoms with E-state index in [4.69, 9.17) is 12.2 Å². The molecule has 0 saturated carbocycles. The van der Waals surface area contributed by atoms with E-state index in [-0.39, 0.29) is 6.67 Å². The third-order valence-electron chi connectivity index (χ3n) is 2.02. The van der Waals surface area contributed by atoms with E-state index in [0.29, 0.717) is 0 Å². The molecule has 0 amide bonds. The number of rotatable bonds is 4. The quantitative estimate of drug-likeness (QED) is 0.355. The normalized spacial score (nSPS) is 16.8. The molecule has 4 heteroatoms. The van der Waals surface area contributed by atoms with Crippen LogP contribution in [-0.4, -0.2) is 26.0 Å². The third-order valence-corrected chi connectivity index (χ3v) is 2.02. The van der Waals surface area contributed by atoms with Crippen LogP contribution in [0.5, 0.6) is 0 Å². The van der Waals surface area contributed by atoms with Gasteiger partial charge in [0.2, 0.25) is 0 Å². The lowest BCUT2D eigenvalue weighted by atomic mass is 10.1. The van der Waals surface area contributed by atoms with Gasteiger partial charge >= 0.3 is 0 Å². The zero-order valence-electron chi connectivity index (χ0n) is 9.11. The fourth-order valence-electron chi connectivity index (χ4n) is 1.28. The fourth-order valence-corrected chi connectivity index (χ4v) is 1.28. The van der Waals surface area contributed by atoms with Crippen LogP contribution in [0.25, 0.3) is 0 Å². The van der Waals surface area contributed by atoms with E-state index >= 15 is 0 Å². The fraction of sp³-hybridized carbons (Fsp3) is 0.250. The molecule has 0 radical (unpaired) electrons. The molecule has 0 saturated heterocycles. The molecule has 0 aromatic rings. The van der Waals surface area contributed by atoms with Gasteiger partial charge in [0.1, 0.15) is 0 Å². The molecule has 0 atom stereocenters. The van der Waals surface area contributed by atoms with E-state index in [1.54, 1.807) is 6.21 Å². The van der Waals surface area contributed by atoms with Gasteiger partial charge in [-0.1, -0.05) is 24.7 Å². The zero-order chi connectivity index (χ0) is 11.6. The minimum Gasteiger partial charge on any atom is -0.315 e. The Kier molecular flexibility index (Phi) is 5.71. The highest BCUT2D eigenvalue weighted by Gasteiger charge is 2.03. The van der Waals surface area contributed by atoms with Gasteiger partial charge in [-0.15, -0.1) is 0 Å². The first kappa shape index (κ1) is 12.2. The summed E-state index contributed by atoms with van der Waals surface area (Å²) in [5, 5.41) is 6.11. The van der Waals surface area contributed by atoms with Crippen molar-refractivity contribution in [1.82, 2.24) is 10.6 Å². The predicted molar refractivity (Wildman–Crippen MR) is 67.7 cm³/mol. The average Bonchev–Trinajstić information content (AvgIpc) is 2.57. The second-order valence-corrected chi connectivity index (χ2v) is 3.11. The Hall–Kier alpha value is -1.83. The van der Waals surface area contributed by atoms with E-state index in [9.17, 15) is 0 Å². The summed E-state index contributed by atoms with van der Waals surface area (Å²) >= 11 is 0. The molecule has 0 aromatic heterocycles. The number of hydrogen-bond donors (Lipinski definition) is 3. The maximum Gasteiger partial charge on any atom is 0.0859 e. The van der Waals surface area contributed by atoms with Crippen molar-refractivity contribution in [3.05, 3.63) is 35.6 Å². The molecule has 0 bridgehead atoms. The second kappa shape index (κ2) is 7.46. The number of hydrogen-bond acceptors (Lipinski definition) is 4. The van der Waals surface area contributed by atoms with Crippen LogP contribution in [0, 0.1) is 12.5 Å². The number of nitrogens with zero attached hydrogens (tertiary/aromatic N) is 1. The van der Waals surface area contributed by atoms with Gasteiger partial charge in [0.05, 0.1) is 12.4 Å². The summed E-state index contributed by atoms with van der Waals surface area (Å²) in [5.74, 6) is 0. The minimum atomic E-state index is 0.275. The van der Waals surface area contributed by atoms with Gasteiger partial charge in [-0.05, 0) is 11.6 Å². The van der Waals surface area contributed by atoms with Gasteiger partial charge in [0.25, 0.3) is 0 Å². The van der Waals surface area contributed by atoms with Crippen molar-refractivity contribution in [3.8, 4) is 12.5 Å². The maximum atomic E-state index is 5.27. The molecule has 16 heavy (non-hydrogen) atoms. The number of nitrogens with two attached hydrogens (primary N) is 1. The van der Waals surface area contributed by atoms with Crippen molar-refractivity contribution >= 4 is 6.21 Å². The molecule has 1 aliphatic heterocycles. The molecule has 0 unspecified atom stereocenters. The van der Waals surface area contributed by atoms with Gasteiger partial charge in [-0.3, -0.25) is 4.99 Å². The van der Waals surface area contributed by atoms with Crippen molar-refractivity contribution in [2.45, 2.75) is 0 Å². The average molecular weight is 216 g/mol. The van der Waals surface area contributed by atoms with E-state index in [2.05, 4.69) is 27.7 Å². The van der Waals surface area contributed by atoms with Crippen LogP contribution in [0.2, 0.25) is 0 Å². The van der Waals surface area contributed by atoms with Crippen LogP contribution in [0.3, 0.4) is 0 Å². The highest BCUT2D eigenvalue weighted by molar-refractivity contribution is 5.73. The number of aliphatic imine (C=N–C) groups is 1. The van der Waals surface area contributed by atoms with Crippen LogP contribution in [0.15, 0.2) is 40.6 Å². The number of nitrogens with one attached hydrogen (secondary N) is 2. The molecule has 0 aromatic carbocycles. The molecule has 1 heterocycles. The van der Waals surface area contributed by atoms with Crippen molar-refractivity contribution in [2.75, 3.05) is 19.8 Å². The standard InChI is InChI=1S/C12H16N4/c1-2-16-12(6-8-15-10-13)11-5-3-4-7-14-9-11/h1,3-6,8,14,16H,7,9-10,13H2/b12-6-,15-8?. The van der Waals surface area contributed by atoms with E-state index in [1.165, 1.54) is 0 Å². The van der Waals surface area contributed by atoms with Gasteiger partial charge in [-0.25, -0.2) is 0 Å². The molecule has 0 fully saturated rings. The van der Waals surface area contributed by atoms with E-state index in [1.807, 2.05) is 18.2 Å². The summed E-state index contributed by atoms with van der Waals surface area (Å²) in [4.78, 5) is 3.91. The summed E-state index contributed by atoms with van der Waals surface area (Å²) in [6.45, 7) is 1.90. The van der Waals surface area contributed by atoms with Crippen molar-refractivity contribution in [1.29, 1.82) is 0 Å². The predicted octanol–water partition coefficient (Wildman–Crippen LogP) is 0.123. The lowest BCUT2D eigenvalue weighted by Crippen LogP contribution is -2.20. The second-order valence-electron chi connectivity index (χ2n) is 3.11. The first-order chi connectivity index (χ1) is 7.88. The van der Waals surface area contributed by atoms with Crippen LogP contribution >= 0.6 is 0 Å². The van der Waals surface area contributed by atoms with Crippen molar-refractivity contribution in [3.63, 3.8) is 0 Å². The Balaban J connectivity index is 2.80. The summed E-state index contributed by atoms with van der Waals surface area (Å²) < 4.78 is 0. The Morgan fingerprint density at radius 2 is 2.62 bits per heavy atom. The SMILES string of the molecule is C#CN/C(=C\C=NCN)C1=CC=CCNC1. The minimum absolute atomic E-state index is 0.275. The Bertz CT molecular complexity index is 369. The van der Waals surface area contributed by atoms with Gasteiger partial charge in [0, 0.05) is 25.3 Å². The summed E-state index contributed by atoms with van der Waals surface area (Å²) in [6.07, 6.45) is 14.8. The molecule has 0 spiro atoms. The smallest absolute Gasteiger partial charge is 0.0859 e. The highest BCUT2D eigenvalue weighted by Crippen LogP contribution is 2.07. The van der Waals surface area contributed by atoms with Crippen LogP contribution < -0.4 is 16.4 Å².